The molecule has 136 valence electrons. The van der Waals surface area contributed by atoms with Gasteiger partial charge in [-0.1, -0.05) is 23.7 Å². The fraction of sp³-hybridized carbons (Fsp3) is 0.111. The Kier molecular flexibility index (Phi) is 4.47. The Morgan fingerprint density at radius 3 is 3.00 bits per heavy atom. The van der Waals surface area contributed by atoms with Crippen LogP contribution in [-0.4, -0.2) is 32.9 Å². The monoisotopic (exact) mass is 383 g/mol. The molecule has 0 spiro atoms. The molecule has 2 heterocycles. The summed E-state index contributed by atoms with van der Waals surface area (Å²) >= 11 is 6.14. The van der Waals surface area contributed by atoms with Gasteiger partial charge in [0, 0.05) is 24.4 Å². The van der Waals surface area contributed by atoms with Gasteiger partial charge in [0.1, 0.15) is 0 Å². The van der Waals surface area contributed by atoms with E-state index in [2.05, 4.69) is 20.8 Å². The van der Waals surface area contributed by atoms with Crippen molar-refractivity contribution >= 4 is 29.3 Å². The molecule has 9 heteroatoms. The predicted octanol–water partition coefficient (Wildman–Crippen LogP) is 2.91. The van der Waals surface area contributed by atoms with Crippen molar-refractivity contribution in [2.75, 3.05) is 12.1 Å². The molecule has 3 aromatic rings. The van der Waals surface area contributed by atoms with Crippen molar-refractivity contribution in [1.82, 2.24) is 20.2 Å². The number of ether oxygens (including phenoxy) is 2. The van der Waals surface area contributed by atoms with E-state index in [0.717, 1.165) is 11.1 Å². The maximum Gasteiger partial charge on any atom is 0.248 e. The lowest BCUT2D eigenvalue weighted by molar-refractivity contribution is -0.111. The summed E-state index contributed by atoms with van der Waals surface area (Å²) in [4.78, 5) is 12.2. The Morgan fingerprint density at radius 1 is 1.30 bits per heavy atom. The van der Waals surface area contributed by atoms with Gasteiger partial charge in [0.05, 0.1) is 5.02 Å². The highest BCUT2D eigenvalue weighted by atomic mass is 35.5. The Bertz CT molecular complexity index is 1050. The summed E-state index contributed by atoms with van der Waals surface area (Å²) < 4.78 is 12.1. The Hall–Kier alpha value is -3.39. The number of halogens is 1. The number of aryl methyl sites for hydroxylation is 1. The van der Waals surface area contributed by atoms with Crippen LogP contribution >= 0.6 is 11.6 Å². The molecular formula is C18H14ClN5O3. The first-order chi connectivity index (χ1) is 13.1. The van der Waals surface area contributed by atoms with Crippen molar-refractivity contribution in [2.24, 2.45) is 7.05 Å². The van der Waals surface area contributed by atoms with Crippen molar-refractivity contribution in [3.8, 4) is 22.9 Å². The summed E-state index contributed by atoms with van der Waals surface area (Å²) in [6, 6.07) is 10.7. The summed E-state index contributed by atoms with van der Waals surface area (Å²) in [5, 5.41) is 14.6. The van der Waals surface area contributed by atoms with Gasteiger partial charge >= 0.3 is 0 Å². The van der Waals surface area contributed by atoms with Crippen molar-refractivity contribution in [3.63, 3.8) is 0 Å². The number of nitrogens with one attached hydrogen (secondary N) is 1. The molecule has 1 aliphatic rings. The first kappa shape index (κ1) is 17.0. The van der Waals surface area contributed by atoms with E-state index in [4.69, 9.17) is 21.1 Å². The zero-order valence-corrected chi connectivity index (χ0v) is 15.0. The van der Waals surface area contributed by atoms with Crippen LogP contribution in [0.3, 0.4) is 0 Å². The van der Waals surface area contributed by atoms with Crippen LogP contribution in [0.2, 0.25) is 5.02 Å². The highest BCUT2D eigenvalue weighted by molar-refractivity contribution is 6.32. The number of carbonyl (C=O) groups excluding carboxylic acids is 1. The van der Waals surface area contributed by atoms with E-state index in [-0.39, 0.29) is 12.7 Å². The highest BCUT2D eigenvalue weighted by Crippen LogP contribution is 2.40. The summed E-state index contributed by atoms with van der Waals surface area (Å²) in [6.45, 7) is 0.139. The topological polar surface area (TPSA) is 91.2 Å². The molecule has 0 atom stereocenters. The molecule has 1 amide bonds. The second-order valence-corrected chi connectivity index (χ2v) is 6.17. The molecule has 1 N–H and O–H groups in total. The second-order valence-electron chi connectivity index (χ2n) is 5.77. The van der Waals surface area contributed by atoms with Gasteiger partial charge in [0.15, 0.2) is 17.3 Å². The van der Waals surface area contributed by atoms with Gasteiger partial charge in [-0.3, -0.25) is 4.79 Å². The summed E-state index contributed by atoms with van der Waals surface area (Å²) in [6.07, 6.45) is 3.07. The van der Waals surface area contributed by atoms with Crippen molar-refractivity contribution in [3.05, 3.63) is 53.1 Å². The summed E-state index contributed by atoms with van der Waals surface area (Å²) in [7, 11) is 1.75. The normalized spacial score (nSPS) is 12.5. The minimum Gasteiger partial charge on any atom is -0.454 e. The lowest BCUT2D eigenvalue weighted by Gasteiger charge is -2.05. The van der Waals surface area contributed by atoms with Crippen molar-refractivity contribution < 1.29 is 14.3 Å². The van der Waals surface area contributed by atoms with Gasteiger partial charge < -0.3 is 14.8 Å². The molecule has 0 saturated heterocycles. The standard InChI is InChI=1S/C18H14ClN5O3/c1-24-18(21-22-23-24)12-3-2-4-13(9-12)20-16(25)6-5-11-7-14(19)17-15(8-11)26-10-27-17/h2-9H,10H2,1H3,(H,20,25)/b6-5+. The third-order valence-corrected chi connectivity index (χ3v) is 4.17. The SMILES string of the molecule is Cn1nnnc1-c1cccc(NC(=O)/C=C/c2cc(Cl)c3c(c2)OCO3)c1. The zero-order valence-electron chi connectivity index (χ0n) is 14.2. The van der Waals surface area contributed by atoms with Gasteiger partial charge in [-0.2, -0.15) is 0 Å². The maximum atomic E-state index is 12.2. The Labute approximate surface area is 159 Å². The first-order valence-corrected chi connectivity index (χ1v) is 8.39. The fourth-order valence-corrected chi connectivity index (χ4v) is 2.92. The van der Waals surface area contributed by atoms with Crippen LogP contribution in [0, 0.1) is 0 Å². The van der Waals surface area contributed by atoms with Crippen LogP contribution in [0.5, 0.6) is 11.5 Å². The number of benzene rings is 2. The van der Waals surface area contributed by atoms with E-state index in [1.807, 2.05) is 12.1 Å². The molecule has 8 nitrogen and oxygen atoms in total. The van der Waals surface area contributed by atoms with E-state index in [1.54, 1.807) is 42.1 Å². The van der Waals surface area contributed by atoms with Crippen LogP contribution < -0.4 is 14.8 Å². The van der Waals surface area contributed by atoms with Crippen LogP contribution in [0.25, 0.3) is 17.5 Å². The molecule has 27 heavy (non-hydrogen) atoms. The lowest BCUT2D eigenvalue weighted by atomic mass is 10.1. The number of hydrogen-bond acceptors (Lipinski definition) is 6. The van der Waals surface area contributed by atoms with Gasteiger partial charge in [-0.25, -0.2) is 4.68 Å². The van der Waals surface area contributed by atoms with E-state index in [9.17, 15) is 4.79 Å². The predicted molar refractivity (Wildman–Crippen MR) is 99.5 cm³/mol. The molecule has 0 unspecified atom stereocenters. The number of tetrazole rings is 1. The number of carbonyl (C=O) groups is 1. The summed E-state index contributed by atoms with van der Waals surface area (Å²) in [5.74, 6) is 1.41. The number of hydrogen-bond donors (Lipinski definition) is 1. The molecule has 4 rings (SSSR count). The summed E-state index contributed by atoms with van der Waals surface area (Å²) in [5.41, 5.74) is 2.17. The zero-order chi connectivity index (χ0) is 18.8. The van der Waals surface area contributed by atoms with Gasteiger partial charge in [0.2, 0.25) is 12.7 Å². The van der Waals surface area contributed by atoms with Crippen molar-refractivity contribution in [1.29, 1.82) is 0 Å². The minimum absolute atomic E-state index is 0.139. The van der Waals surface area contributed by atoms with Gasteiger partial charge in [-0.05, 0) is 46.3 Å². The first-order valence-electron chi connectivity index (χ1n) is 8.01. The lowest BCUT2D eigenvalue weighted by Crippen LogP contribution is -2.07. The number of fused-ring (bicyclic) bond motifs is 1. The Balaban J connectivity index is 1.48. The molecule has 0 radical (unpaired) electrons. The molecule has 0 saturated carbocycles. The Morgan fingerprint density at radius 2 is 2.19 bits per heavy atom. The molecule has 0 aliphatic carbocycles. The van der Waals surface area contributed by atoms with Crippen LogP contribution in [0.15, 0.2) is 42.5 Å². The minimum atomic E-state index is -0.281. The number of anilines is 1. The average molecular weight is 384 g/mol. The average Bonchev–Trinajstić information content (AvgIpc) is 3.29. The third kappa shape index (κ3) is 3.61. The number of amides is 1. The van der Waals surface area contributed by atoms with Crippen LogP contribution in [-0.2, 0) is 11.8 Å². The van der Waals surface area contributed by atoms with E-state index < -0.39 is 0 Å². The highest BCUT2D eigenvalue weighted by Gasteiger charge is 2.17. The molecule has 1 aliphatic heterocycles. The largest absolute Gasteiger partial charge is 0.454 e. The van der Waals surface area contributed by atoms with Gasteiger partial charge in [0.25, 0.3) is 0 Å². The number of rotatable bonds is 4. The molecule has 0 bridgehead atoms. The van der Waals surface area contributed by atoms with Crippen LogP contribution in [0.1, 0.15) is 5.56 Å². The number of nitrogens with zero attached hydrogens (tertiary/aromatic N) is 4. The maximum absolute atomic E-state index is 12.2. The van der Waals surface area contributed by atoms with Crippen LogP contribution in [0.4, 0.5) is 5.69 Å². The fourth-order valence-electron chi connectivity index (χ4n) is 2.65. The number of aromatic nitrogens is 4. The van der Waals surface area contributed by atoms with Crippen molar-refractivity contribution in [2.45, 2.75) is 0 Å². The third-order valence-electron chi connectivity index (χ3n) is 3.89. The molecule has 1 aromatic heterocycles. The molecule has 0 fully saturated rings. The molecular weight excluding hydrogens is 370 g/mol. The quantitative estimate of drug-likeness (QED) is 0.696. The van der Waals surface area contributed by atoms with Gasteiger partial charge in [-0.15, -0.1) is 5.10 Å². The van der Waals surface area contributed by atoms with E-state index >= 15 is 0 Å². The smallest absolute Gasteiger partial charge is 0.248 e. The van der Waals surface area contributed by atoms with E-state index in [0.29, 0.717) is 28.0 Å². The second kappa shape index (κ2) is 7.08. The molecule has 2 aromatic carbocycles. The van der Waals surface area contributed by atoms with E-state index in [1.165, 1.54) is 6.08 Å².